The third-order valence-corrected chi connectivity index (χ3v) is 2.70. The van der Waals surface area contributed by atoms with Crippen LogP contribution in [0, 0.1) is 19.8 Å². The number of anilines is 1. The van der Waals surface area contributed by atoms with Crippen molar-refractivity contribution in [2.24, 2.45) is 5.92 Å². The van der Waals surface area contributed by atoms with Gasteiger partial charge in [0.25, 0.3) is 0 Å². The van der Waals surface area contributed by atoms with E-state index in [4.69, 9.17) is 5.11 Å². The minimum Gasteiger partial charge on any atom is -0.481 e. The van der Waals surface area contributed by atoms with Crippen molar-refractivity contribution in [3.63, 3.8) is 0 Å². The van der Waals surface area contributed by atoms with Crippen molar-refractivity contribution >= 4 is 17.7 Å². The Kier molecular flexibility index (Phi) is 2.79. The van der Waals surface area contributed by atoms with E-state index >= 15 is 0 Å². The number of hydrogen-bond donors (Lipinski definition) is 1. The second-order valence-corrected chi connectivity index (χ2v) is 4.16. The van der Waals surface area contributed by atoms with Crippen LogP contribution < -0.4 is 4.90 Å². The van der Waals surface area contributed by atoms with Gasteiger partial charge in [-0.15, -0.1) is 0 Å². The average molecular weight is 235 g/mol. The molecule has 1 aromatic rings. The average Bonchev–Trinajstić information content (AvgIpc) is 2.59. The molecule has 1 N–H and O–H groups in total. The molecule has 0 radical (unpaired) electrons. The lowest BCUT2D eigenvalue weighted by atomic mass is 10.1. The Bertz CT molecular complexity index is 467. The molecule has 2 heterocycles. The van der Waals surface area contributed by atoms with E-state index in [0.29, 0.717) is 11.6 Å². The van der Waals surface area contributed by atoms with Crippen LogP contribution in [0.15, 0.2) is 6.07 Å². The van der Waals surface area contributed by atoms with Crippen LogP contribution in [0.5, 0.6) is 0 Å². The van der Waals surface area contributed by atoms with E-state index in [1.165, 1.54) is 4.90 Å². The van der Waals surface area contributed by atoms with Gasteiger partial charge in [0.1, 0.15) is 11.6 Å². The van der Waals surface area contributed by atoms with Crippen LogP contribution >= 0.6 is 0 Å². The van der Waals surface area contributed by atoms with Gasteiger partial charge in [-0.1, -0.05) is 0 Å². The Morgan fingerprint density at radius 1 is 1.47 bits per heavy atom. The smallest absolute Gasteiger partial charge is 0.308 e. The lowest BCUT2D eigenvalue weighted by molar-refractivity contribution is -0.141. The number of carboxylic acid groups (broad SMARTS) is 1. The fourth-order valence-electron chi connectivity index (χ4n) is 1.93. The maximum atomic E-state index is 11.7. The molecule has 17 heavy (non-hydrogen) atoms. The van der Waals surface area contributed by atoms with E-state index in [1.807, 2.05) is 6.92 Å². The predicted octanol–water partition coefficient (Wildman–Crippen LogP) is 0.531. The Hall–Kier alpha value is -1.98. The van der Waals surface area contributed by atoms with Gasteiger partial charge in [0.15, 0.2) is 0 Å². The first-order valence-corrected chi connectivity index (χ1v) is 5.33. The van der Waals surface area contributed by atoms with Crippen LogP contribution in [-0.2, 0) is 9.59 Å². The van der Waals surface area contributed by atoms with Gasteiger partial charge in [-0.25, -0.2) is 9.97 Å². The number of amides is 1. The van der Waals surface area contributed by atoms with Gasteiger partial charge in [0.05, 0.1) is 5.92 Å². The first-order valence-electron chi connectivity index (χ1n) is 5.33. The summed E-state index contributed by atoms with van der Waals surface area (Å²) in [4.78, 5) is 32.3. The van der Waals surface area contributed by atoms with E-state index < -0.39 is 11.9 Å². The summed E-state index contributed by atoms with van der Waals surface area (Å²) in [6, 6.07) is 1.69. The lowest BCUT2D eigenvalue weighted by Gasteiger charge is -2.15. The van der Waals surface area contributed by atoms with E-state index in [2.05, 4.69) is 9.97 Å². The normalized spacial score (nSPS) is 19.8. The molecule has 0 saturated carbocycles. The predicted molar refractivity (Wildman–Crippen MR) is 59.6 cm³/mol. The molecule has 2 rings (SSSR count). The molecule has 0 aliphatic carbocycles. The van der Waals surface area contributed by atoms with Crippen LogP contribution in [-0.4, -0.2) is 33.5 Å². The molecule has 0 spiro atoms. The Balaban J connectivity index is 2.28. The van der Waals surface area contributed by atoms with Gasteiger partial charge in [-0.05, 0) is 13.8 Å². The summed E-state index contributed by atoms with van der Waals surface area (Å²) in [6.07, 6.45) is 0.0391. The number of hydrogen-bond acceptors (Lipinski definition) is 4. The molecule has 6 heteroatoms. The summed E-state index contributed by atoms with van der Waals surface area (Å²) in [6.45, 7) is 3.74. The molecule has 1 amide bonds. The molecular weight excluding hydrogens is 222 g/mol. The fraction of sp³-hybridized carbons (Fsp3) is 0.455. The van der Waals surface area contributed by atoms with E-state index in [1.54, 1.807) is 13.0 Å². The highest BCUT2D eigenvalue weighted by Crippen LogP contribution is 2.24. The van der Waals surface area contributed by atoms with Crippen molar-refractivity contribution in [3.8, 4) is 0 Å². The van der Waals surface area contributed by atoms with Crippen LogP contribution in [0.1, 0.15) is 17.9 Å². The largest absolute Gasteiger partial charge is 0.481 e. The van der Waals surface area contributed by atoms with Crippen LogP contribution in [0.4, 0.5) is 5.82 Å². The summed E-state index contributed by atoms with van der Waals surface area (Å²) in [5.74, 6) is -0.716. The molecule has 1 aliphatic heterocycles. The van der Waals surface area contributed by atoms with Gasteiger partial charge in [0.2, 0.25) is 5.91 Å². The second kappa shape index (κ2) is 4.12. The summed E-state index contributed by atoms with van der Waals surface area (Å²) < 4.78 is 0. The lowest BCUT2D eigenvalue weighted by Crippen LogP contribution is -2.27. The highest BCUT2D eigenvalue weighted by molar-refractivity contribution is 5.98. The molecule has 0 bridgehead atoms. The molecule has 1 atom stereocenters. The second-order valence-electron chi connectivity index (χ2n) is 4.16. The maximum absolute atomic E-state index is 11.7. The van der Waals surface area contributed by atoms with Gasteiger partial charge >= 0.3 is 5.97 Å². The van der Waals surface area contributed by atoms with Crippen LogP contribution in [0.25, 0.3) is 0 Å². The molecule has 1 fully saturated rings. The highest BCUT2D eigenvalue weighted by atomic mass is 16.4. The van der Waals surface area contributed by atoms with Gasteiger partial charge in [-0.2, -0.15) is 0 Å². The van der Waals surface area contributed by atoms with Crippen LogP contribution in [0.3, 0.4) is 0 Å². The Morgan fingerprint density at radius 3 is 2.71 bits per heavy atom. The number of carboxylic acids is 1. The fourth-order valence-corrected chi connectivity index (χ4v) is 1.93. The summed E-state index contributed by atoms with van der Waals surface area (Å²) in [5, 5.41) is 8.89. The molecule has 0 aromatic carbocycles. The number of carbonyl (C=O) groups excluding carboxylic acids is 1. The molecular formula is C11H13N3O3. The summed E-state index contributed by atoms with van der Waals surface area (Å²) in [5.41, 5.74) is 0.763. The Morgan fingerprint density at radius 2 is 2.18 bits per heavy atom. The summed E-state index contributed by atoms with van der Waals surface area (Å²) >= 11 is 0. The number of rotatable bonds is 2. The van der Waals surface area contributed by atoms with E-state index in [-0.39, 0.29) is 18.9 Å². The zero-order valence-corrected chi connectivity index (χ0v) is 9.67. The maximum Gasteiger partial charge on any atom is 0.308 e. The quantitative estimate of drug-likeness (QED) is 0.808. The highest BCUT2D eigenvalue weighted by Gasteiger charge is 2.35. The SMILES string of the molecule is Cc1cc(N2CC(C(=O)O)CC2=O)nc(C)n1. The van der Waals surface area contributed by atoms with Crippen molar-refractivity contribution < 1.29 is 14.7 Å². The first-order chi connectivity index (χ1) is 7.97. The number of aromatic nitrogens is 2. The number of carbonyl (C=O) groups is 2. The molecule has 1 unspecified atom stereocenters. The monoisotopic (exact) mass is 235 g/mol. The molecule has 1 saturated heterocycles. The topological polar surface area (TPSA) is 83.4 Å². The minimum absolute atomic E-state index is 0.0391. The standard InChI is InChI=1S/C11H13N3O3/c1-6-3-9(13-7(2)12-6)14-5-8(11(16)17)4-10(14)15/h3,8H,4-5H2,1-2H3,(H,16,17). The van der Waals surface area contributed by atoms with Gasteiger partial charge in [0, 0.05) is 24.7 Å². The van der Waals surface area contributed by atoms with Crippen molar-refractivity contribution in [2.45, 2.75) is 20.3 Å². The summed E-state index contributed by atoms with van der Waals surface area (Å²) in [7, 11) is 0. The number of aryl methyl sites for hydroxylation is 2. The minimum atomic E-state index is -0.941. The van der Waals surface area contributed by atoms with E-state index in [0.717, 1.165) is 5.69 Å². The van der Waals surface area contributed by atoms with Crippen molar-refractivity contribution in [3.05, 3.63) is 17.6 Å². The van der Waals surface area contributed by atoms with Crippen molar-refractivity contribution in [1.29, 1.82) is 0 Å². The van der Waals surface area contributed by atoms with Gasteiger partial charge < -0.3 is 5.11 Å². The zero-order chi connectivity index (χ0) is 12.6. The molecule has 6 nitrogen and oxygen atoms in total. The first kappa shape index (κ1) is 11.5. The molecule has 90 valence electrons. The number of nitrogens with zero attached hydrogens (tertiary/aromatic N) is 3. The number of aliphatic carboxylic acids is 1. The third-order valence-electron chi connectivity index (χ3n) is 2.70. The van der Waals surface area contributed by atoms with Gasteiger partial charge in [-0.3, -0.25) is 14.5 Å². The Labute approximate surface area is 98.3 Å². The molecule has 1 aliphatic rings. The third kappa shape index (κ3) is 2.25. The van der Waals surface area contributed by atoms with Crippen LogP contribution in [0.2, 0.25) is 0 Å². The van der Waals surface area contributed by atoms with E-state index in [9.17, 15) is 9.59 Å². The molecule has 1 aromatic heterocycles. The van der Waals surface area contributed by atoms with Crippen molar-refractivity contribution in [1.82, 2.24) is 9.97 Å². The van der Waals surface area contributed by atoms with Crippen molar-refractivity contribution in [2.75, 3.05) is 11.4 Å². The zero-order valence-electron chi connectivity index (χ0n) is 9.67.